The molecule has 28 heavy (non-hydrogen) atoms. The van der Waals surface area contributed by atoms with Gasteiger partial charge in [-0.15, -0.1) is 0 Å². The second-order valence-electron chi connectivity index (χ2n) is 7.67. The molecule has 1 saturated carbocycles. The minimum Gasteiger partial charge on any atom is -0.352 e. The highest BCUT2D eigenvalue weighted by molar-refractivity contribution is 5.99. The quantitative estimate of drug-likeness (QED) is 0.634. The van der Waals surface area contributed by atoms with E-state index in [9.17, 15) is 9.59 Å². The fourth-order valence-corrected chi connectivity index (χ4v) is 3.68. The molecule has 6 nitrogen and oxygen atoms in total. The van der Waals surface area contributed by atoms with Gasteiger partial charge in [-0.3, -0.25) is 4.79 Å². The van der Waals surface area contributed by atoms with E-state index in [0.717, 1.165) is 36.9 Å². The van der Waals surface area contributed by atoms with Crippen molar-refractivity contribution in [1.82, 2.24) is 5.32 Å². The molecule has 3 amide bonds. The van der Waals surface area contributed by atoms with Crippen LogP contribution in [0.5, 0.6) is 0 Å². The molecular weight excluding hydrogens is 352 g/mol. The van der Waals surface area contributed by atoms with Crippen LogP contribution in [-0.4, -0.2) is 17.5 Å². The fraction of sp³-hybridized carbons (Fsp3) is 0.364. The first-order chi connectivity index (χ1) is 13.4. The van der Waals surface area contributed by atoms with Crippen LogP contribution in [-0.2, 0) is 11.3 Å². The van der Waals surface area contributed by atoms with Crippen molar-refractivity contribution in [2.75, 3.05) is 10.6 Å². The first-order valence-corrected chi connectivity index (χ1v) is 9.73. The van der Waals surface area contributed by atoms with Crippen molar-refractivity contribution in [2.45, 2.75) is 44.7 Å². The van der Waals surface area contributed by atoms with Crippen molar-refractivity contribution in [1.29, 1.82) is 0 Å². The first-order valence-electron chi connectivity index (χ1n) is 9.73. The molecule has 5 N–H and O–H groups in total. The Hall–Kier alpha value is -2.86. The molecular formula is C22H28N4O2. The fourth-order valence-electron chi connectivity index (χ4n) is 3.68. The summed E-state index contributed by atoms with van der Waals surface area (Å²) in [5.74, 6) is -0.149. The highest BCUT2D eigenvalue weighted by atomic mass is 16.2. The number of amides is 3. The van der Waals surface area contributed by atoms with Gasteiger partial charge in [0.05, 0.1) is 5.92 Å². The van der Waals surface area contributed by atoms with Crippen LogP contribution in [0, 0.1) is 5.92 Å². The summed E-state index contributed by atoms with van der Waals surface area (Å²) in [7, 11) is 0. The van der Waals surface area contributed by atoms with Crippen LogP contribution < -0.4 is 21.7 Å². The summed E-state index contributed by atoms with van der Waals surface area (Å²) in [6.07, 6.45) is 3.83. The van der Waals surface area contributed by atoms with E-state index in [-0.39, 0.29) is 17.9 Å². The van der Waals surface area contributed by atoms with Crippen molar-refractivity contribution in [3.05, 3.63) is 60.2 Å². The van der Waals surface area contributed by atoms with Crippen LogP contribution in [0.15, 0.2) is 54.6 Å². The molecule has 2 atom stereocenters. The predicted molar refractivity (Wildman–Crippen MR) is 112 cm³/mol. The van der Waals surface area contributed by atoms with Gasteiger partial charge in [-0.2, -0.15) is 0 Å². The number of nitrogens with two attached hydrogens (primary N) is 1. The molecule has 1 fully saturated rings. The number of urea groups is 1. The highest BCUT2D eigenvalue weighted by Gasteiger charge is 2.37. The number of anilines is 2. The second kappa shape index (κ2) is 8.89. The smallest absolute Gasteiger partial charge is 0.323 e. The van der Waals surface area contributed by atoms with Crippen molar-refractivity contribution in [3.8, 4) is 0 Å². The molecule has 2 aromatic rings. The Morgan fingerprint density at radius 2 is 1.75 bits per heavy atom. The van der Waals surface area contributed by atoms with Crippen LogP contribution in [0.25, 0.3) is 0 Å². The van der Waals surface area contributed by atoms with Gasteiger partial charge in [-0.1, -0.05) is 43.2 Å². The summed E-state index contributed by atoms with van der Waals surface area (Å²) in [6, 6.07) is 16.4. The SMILES string of the molecule is CC1(N)CCCCC1C(=O)NCc1cccc(NC(=O)Nc2ccccc2)c1. The Morgan fingerprint density at radius 1 is 1.04 bits per heavy atom. The lowest BCUT2D eigenvalue weighted by Gasteiger charge is -2.37. The lowest BCUT2D eigenvalue weighted by molar-refractivity contribution is -0.128. The zero-order chi connectivity index (χ0) is 20.0. The topological polar surface area (TPSA) is 96.2 Å². The summed E-state index contributed by atoms with van der Waals surface area (Å²) in [6.45, 7) is 2.37. The van der Waals surface area contributed by atoms with E-state index in [1.165, 1.54) is 0 Å². The van der Waals surface area contributed by atoms with Gasteiger partial charge in [0, 0.05) is 23.5 Å². The Morgan fingerprint density at radius 3 is 2.50 bits per heavy atom. The summed E-state index contributed by atoms with van der Waals surface area (Å²) in [5, 5.41) is 8.59. The summed E-state index contributed by atoms with van der Waals surface area (Å²) < 4.78 is 0. The van der Waals surface area contributed by atoms with Crippen LogP contribution in [0.1, 0.15) is 38.2 Å². The Bertz CT molecular complexity index is 820. The molecule has 0 saturated heterocycles. The molecule has 3 rings (SSSR count). The van der Waals surface area contributed by atoms with Gasteiger partial charge in [0.15, 0.2) is 0 Å². The molecule has 0 spiro atoms. The van der Waals surface area contributed by atoms with Gasteiger partial charge in [0.25, 0.3) is 0 Å². The first kappa shape index (κ1) is 19.9. The normalized spacial score (nSPS) is 21.6. The van der Waals surface area contributed by atoms with E-state index in [4.69, 9.17) is 5.73 Å². The number of nitrogens with one attached hydrogen (secondary N) is 3. The molecule has 1 aliphatic rings. The third-order valence-electron chi connectivity index (χ3n) is 5.25. The molecule has 0 aliphatic heterocycles. The molecule has 2 aromatic carbocycles. The molecule has 6 heteroatoms. The van der Waals surface area contributed by atoms with Crippen molar-refractivity contribution in [3.63, 3.8) is 0 Å². The number of hydrogen-bond acceptors (Lipinski definition) is 3. The van der Waals surface area contributed by atoms with Crippen LogP contribution in [0.4, 0.5) is 16.2 Å². The monoisotopic (exact) mass is 380 g/mol. The van der Waals surface area contributed by atoms with Gasteiger partial charge < -0.3 is 21.7 Å². The predicted octanol–water partition coefficient (Wildman–Crippen LogP) is 3.85. The molecule has 0 heterocycles. The number of carbonyl (C=O) groups is 2. The lowest BCUT2D eigenvalue weighted by atomic mass is 9.74. The Kier molecular flexibility index (Phi) is 6.31. The Labute approximate surface area is 165 Å². The number of hydrogen-bond donors (Lipinski definition) is 4. The molecule has 0 radical (unpaired) electrons. The standard InChI is InChI=1S/C22H28N4O2/c1-22(23)13-6-5-12-19(22)20(27)24-15-16-8-7-11-18(14-16)26-21(28)25-17-9-3-2-4-10-17/h2-4,7-11,14,19H,5-6,12-13,15,23H2,1H3,(H,24,27)(H2,25,26,28). The van der Waals surface area contributed by atoms with Gasteiger partial charge in [-0.25, -0.2) is 4.79 Å². The highest BCUT2D eigenvalue weighted by Crippen LogP contribution is 2.31. The maximum atomic E-state index is 12.6. The zero-order valence-electron chi connectivity index (χ0n) is 16.2. The summed E-state index contributed by atoms with van der Waals surface area (Å²) in [5.41, 5.74) is 8.18. The second-order valence-corrected chi connectivity index (χ2v) is 7.67. The van der Waals surface area contributed by atoms with Crippen molar-refractivity contribution >= 4 is 23.3 Å². The van der Waals surface area contributed by atoms with E-state index in [1.54, 1.807) is 0 Å². The number of rotatable bonds is 5. The van der Waals surface area contributed by atoms with E-state index in [0.29, 0.717) is 12.2 Å². The third-order valence-corrected chi connectivity index (χ3v) is 5.25. The average molecular weight is 380 g/mol. The molecule has 1 aliphatic carbocycles. The maximum Gasteiger partial charge on any atom is 0.323 e. The average Bonchev–Trinajstić information content (AvgIpc) is 2.67. The van der Waals surface area contributed by atoms with Crippen LogP contribution in [0.2, 0.25) is 0 Å². The number of carbonyl (C=O) groups excluding carboxylic acids is 2. The number of para-hydroxylation sites is 1. The van der Waals surface area contributed by atoms with Crippen molar-refractivity contribution in [2.24, 2.45) is 11.7 Å². The Balaban J connectivity index is 1.54. The minimum absolute atomic E-state index is 0.00452. The van der Waals surface area contributed by atoms with Gasteiger partial charge in [0.2, 0.25) is 5.91 Å². The zero-order valence-corrected chi connectivity index (χ0v) is 16.2. The lowest BCUT2D eigenvalue weighted by Crippen LogP contribution is -2.52. The van der Waals surface area contributed by atoms with Crippen LogP contribution >= 0.6 is 0 Å². The van der Waals surface area contributed by atoms with Gasteiger partial charge in [-0.05, 0) is 49.6 Å². The van der Waals surface area contributed by atoms with Crippen LogP contribution in [0.3, 0.4) is 0 Å². The van der Waals surface area contributed by atoms with Gasteiger partial charge >= 0.3 is 6.03 Å². The van der Waals surface area contributed by atoms with Crippen molar-refractivity contribution < 1.29 is 9.59 Å². The largest absolute Gasteiger partial charge is 0.352 e. The molecule has 0 bridgehead atoms. The summed E-state index contributed by atoms with van der Waals surface area (Å²) >= 11 is 0. The van der Waals surface area contributed by atoms with E-state index >= 15 is 0 Å². The summed E-state index contributed by atoms with van der Waals surface area (Å²) in [4.78, 5) is 24.7. The molecule has 2 unspecified atom stereocenters. The maximum absolute atomic E-state index is 12.6. The third kappa shape index (κ3) is 5.33. The molecule has 148 valence electrons. The van der Waals surface area contributed by atoms with E-state index in [1.807, 2.05) is 61.5 Å². The van der Waals surface area contributed by atoms with E-state index < -0.39 is 5.54 Å². The van der Waals surface area contributed by atoms with Gasteiger partial charge in [0.1, 0.15) is 0 Å². The molecule has 0 aromatic heterocycles. The minimum atomic E-state index is -0.443. The van der Waals surface area contributed by atoms with E-state index in [2.05, 4.69) is 16.0 Å². The number of benzene rings is 2.